The molecule has 2 nitrogen and oxygen atoms in total. The Labute approximate surface area is 64.5 Å². The first-order valence-corrected chi connectivity index (χ1v) is 4.19. The summed E-state index contributed by atoms with van der Waals surface area (Å²) in [5, 5.41) is 14.8. The Hall–Kier alpha value is -0.540. The van der Waals surface area contributed by atoms with Gasteiger partial charge in [0.25, 0.3) is 0 Å². The molecule has 3 heteroatoms. The lowest BCUT2D eigenvalue weighted by atomic mass is 10.4. The minimum absolute atomic E-state index is 0.262. The van der Waals surface area contributed by atoms with E-state index in [0.29, 0.717) is 0 Å². The monoisotopic (exact) mass is 157 g/mol. The number of thiophene rings is 1. The average molecular weight is 157 g/mol. The maximum Gasteiger partial charge on any atom is 0.0882 e. The third-order valence-corrected chi connectivity index (χ3v) is 1.98. The largest absolute Gasteiger partial charge is 0.396 e. The number of anilines is 1. The first-order valence-electron chi connectivity index (χ1n) is 3.31. The van der Waals surface area contributed by atoms with E-state index < -0.39 is 0 Å². The number of hydrogen-bond donors (Lipinski definition) is 2. The van der Waals surface area contributed by atoms with Crippen LogP contribution in [0.1, 0.15) is 6.42 Å². The highest BCUT2D eigenvalue weighted by atomic mass is 32.1. The first kappa shape index (κ1) is 7.57. The number of rotatable bonds is 4. The number of hydrogen-bond acceptors (Lipinski definition) is 3. The smallest absolute Gasteiger partial charge is 0.0882 e. The molecule has 1 rings (SSSR count). The fraction of sp³-hybridized carbons (Fsp3) is 0.429. The Bertz CT molecular complexity index is 162. The van der Waals surface area contributed by atoms with Gasteiger partial charge in [0.2, 0.25) is 0 Å². The fourth-order valence-electron chi connectivity index (χ4n) is 0.670. The fourth-order valence-corrected chi connectivity index (χ4v) is 1.32. The Morgan fingerprint density at radius 3 is 3.10 bits per heavy atom. The number of nitrogens with one attached hydrogen (secondary N) is 1. The van der Waals surface area contributed by atoms with Crippen LogP contribution in [0.4, 0.5) is 5.00 Å². The van der Waals surface area contributed by atoms with Crippen molar-refractivity contribution >= 4 is 16.3 Å². The molecule has 0 bridgehead atoms. The van der Waals surface area contributed by atoms with Gasteiger partial charge in [0.1, 0.15) is 0 Å². The molecule has 0 aliphatic carbocycles. The van der Waals surface area contributed by atoms with Crippen LogP contribution >= 0.6 is 11.3 Å². The van der Waals surface area contributed by atoms with Crippen molar-refractivity contribution in [2.45, 2.75) is 6.42 Å². The van der Waals surface area contributed by atoms with Gasteiger partial charge in [0.15, 0.2) is 0 Å². The summed E-state index contributed by atoms with van der Waals surface area (Å²) in [6.07, 6.45) is 0.817. The average Bonchev–Trinajstić information content (AvgIpc) is 2.41. The van der Waals surface area contributed by atoms with Crippen molar-refractivity contribution in [2.24, 2.45) is 0 Å². The molecule has 0 unspecified atom stereocenters. The Morgan fingerprint density at radius 1 is 1.60 bits per heavy atom. The summed E-state index contributed by atoms with van der Waals surface area (Å²) in [6, 6.07) is 4.04. The second-order valence-electron chi connectivity index (χ2n) is 1.98. The molecule has 56 valence electrons. The predicted octanol–water partition coefficient (Wildman–Crippen LogP) is 1.54. The second-order valence-corrected chi connectivity index (χ2v) is 2.93. The summed E-state index contributed by atoms with van der Waals surface area (Å²) in [5.74, 6) is 0. The molecule has 0 aliphatic heterocycles. The van der Waals surface area contributed by atoms with Gasteiger partial charge in [-0.3, -0.25) is 0 Å². The van der Waals surface area contributed by atoms with Crippen LogP contribution in [0.3, 0.4) is 0 Å². The van der Waals surface area contributed by atoms with E-state index in [4.69, 9.17) is 5.11 Å². The van der Waals surface area contributed by atoms with Crippen molar-refractivity contribution < 1.29 is 5.11 Å². The topological polar surface area (TPSA) is 32.3 Å². The number of aliphatic hydroxyl groups excluding tert-OH is 1. The van der Waals surface area contributed by atoms with Crippen molar-refractivity contribution in [3.63, 3.8) is 0 Å². The van der Waals surface area contributed by atoms with Crippen molar-refractivity contribution in [3.05, 3.63) is 17.5 Å². The quantitative estimate of drug-likeness (QED) is 0.650. The Balaban J connectivity index is 2.15. The molecule has 10 heavy (non-hydrogen) atoms. The third kappa shape index (κ3) is 2.37. The SMILES string of the molecule is OCCCNc1cccs1. The van der Waals surface area contributed by atoms with Crippen molar-refractivity contribution in [2.75, 3.05) is 18.5 Å². The molecule has 0 aromatic carbocycles. The zero-order valence-electron chi connectivity index (χ0n) is 5.71. The molecular formula is C7H11NOS. The predicted molar refractivity (Wildman–Crippen MR) is 44.5 cm³/mol. The highest BCUT2D eigenvalue weighted by molar-refractivity contribution is 7.14. The molecule has 0 radical (unpaired) electrons. The standard InChI is InChI=1S/C7H11NOS/c9-5-2-4-8-7-3-1-6-10-7/h1,3,6,8-9H,2,4-5H2. The van der Waals surface area contributed by atoms with Gasteiger partial charge in [0, 0.05) is 13.2 Å². The van der Waals surface area contributed by atoms with E-state index in [0.717, 1.165) is 13.0 Å². The van der Waals surface area contributed by atoms with E-state index in [1.807, 2.05) is 17.5 Å². The van der Waals surface area contributed by atoms with E-state index in [2.05, 4.69) is 5.32 Å². The molecule has 1 aromatic heterocycles. The van der Waals surface area contributed by atoms with Gasteiger partial charge < -0.3 is 10.4 Å². The van der Waals surface area contributed by atoms with Crippen LogP contribution in [0.15, 0.2) is 17.5 Å². The molecule has 1 aromatic rings. The van der Waals surface area contributed by atoms with Gasteiger partial charge in [0.05, 0.1) is 5.00 Å². The molecule has 0 amide bonds. The van der Waals surface area contributed by atoms with Crippen LogP contribution in [-0.2, 0) is 0 Å². The van der Waals surface area contributed by atoms with Gasteiger partial charge in [-0.2, -0.15) is 0 Å². The minimum atomic E-state index is 0.262. The summed E-state index contributed by atoms with van der Waals surface area (Å²) >= 11 is 1.68. The molecule has 0 saturated carbocycles. The Morgan fingerprint density at radius 2 is 2.50 bits per heavy atom. The van der Waals surface area contributed by atoms with E-state index in [-0.39, 0.29) is 6.61 Å². The molecule has 1 heterocycles. The van der Waals surface area contributed by atoms with Crippen LogP contribution in [0.2, 0.25) is 0 Å². The van der Waals surface area contributed by atoms with Crippen molar-refractivity contribution in [3.8, 4) is 0 Å². The molecule has 2 N–H and O–H groups in total. The van der Waals surface area contributed by atoms with Crippen LogP contribution in [-0.4, -0.2) is 18.3 Å². The summed E-state index contributed by atoms with van der Waals surface area (Å²) in [4.78, 5) is 0. The summed E-state index contributed by atoms with van der Waals surface area (Å²) in [5.41, 5.74) is 0. The molecular weight excluding hydrogens is 146 g/mol. The summed E-state index contributed by atoms with van der Waals surface area (Å²) in [7, 11) is 0. The number of aliphatic hydroxyl groups is 1. The van der Waals surface area contributed by atoms with Gasteiger partial charge in [-0.1, -0.05) is 0 Å². The van der Waals surface area contributed by atoms with Gasteiger partial charge in [-0.15, -0.1) is 11.3 Å². The highest BCUT2D eigenvalue weighted by Crippen LogP contribution is 2.14. The molecule has 0 aliphatic rings. The lowest BCUT2D eigenvalue weighted by molar-refractivity contribution is 0.292. The maximum atomic E-state index is 8.46. The normalized spacial score (nSPS) is 9.70. The maximum absolute atomic E-state index is 8.46. The van der Waals surface area contributed by atoms with Crippen LogP contribution < -0.4 is 5.32 Å². The van der Waals surface area contributed by atoms with E-state index in [9.17, 15) is 0 Å². The molecule has 0 saturated heterocycles. The van der Waals surface area contributed by atoms with Crippen molar-refractivity contribution in [1.82, 2.24) is 0 Å². The Kier molecular flexibility index (Phi) is 3.26. The first-order chi connectivity index (χ1) is 4.93. The molecule has 0 atom stereocenters. The minimum Gasteiger partial charge on any atom is -0.396 e. The zero-order chi connectivity index (χ0) is 7.23. The highest BCUT2D eigenvalue weighted by Gasteiger charge is 1.88. The molecule has 0 fully saturated rings. The van der Waals surface area contributed by atoms with Gasteiger partial charge in [-0.25, -0.2) is 0 Å². The lowest BCUT2D eigenvalue weighted by Gasteiger charge is -1.99. The van der Waals surface area contributed by atoms with E-state index >= 15 is 0 Å². The summed E-state index contributed by atoms with van der Waals surface area (Å²) < 4.78 is 0. The van der Waals surface area contributed by atoms with E-state index in [1.165, 1.54) is 5.00 Å². The van der Waals surface area contributed by atoms with Crippen molar-refractivity contribution in [1.29, 1.82) is 0 Å². The van der Waals surface area contributed by atoms with Crippen LogP contribution in [0.5, 0.6) is 0 Å². The van der Waals surface area contributed by atoms with Gasteiger partial charge >= 0.3 is 0 Å². The molecule has 0 spiro atoms. The lowest BCUT2D eigenvalue weighted by Crippen LogP contribution is -2.01. The van der Waals surface area contributed by atoms with Gasteiger partial charge in [-0.05, 0) is 23.9 Å². The second kappa shape index (κ2) is 4.30. The van der Waals surface area contributed by atoms with Crippen LogP contribution in [0, 0.1) is 0 Å². The zero-order valence-corrected chi connectivity index (χ0v) is 6.53. The summed E-state index contributed by atoms with van der Waals surface area (Å²) in [6.45, 7) is 1.12. The van der Waals surface area contributed by atoms with Crippen LogP contribution in [0.25, 0.3) is 0 Å². The third-order valence-electron chi connectivity index (χ3n) is 1.16. The van der Waals surface area contributed by atoms with E-state index in [1.54, 1.807) is 11.3 Å².